The Balaban J connectivity index is 2.63. The molecule has 1 saturated heterocycles. The van der Waals surface area contributed by atoms with E-state index in [1.807, 2.05) is 0 Å². The van der Waals surface area contributed by atoms with Gasteiger partial charge in [-0.05, 0) is 0 Å². The highest BCUT2D eigenvalue weighted by molar-refractivity contribution is 4.84. The van der Waals surface area contributed by atoms with E-state index < -0.39 is 6.29 Å². The number of rotatable bonds is 5. The standard InChI is InChI=1S/C9H18O6/c1-11-5-7-9(13-3)6(12-2)4-8(14-7)15-10/h6-10H,4-5H2,1-3H3/t6-,7+,8+,9+/m1/s1. The average Bonchev–Trinajstić information content (AvgIpc) is 2.28. The van der Waals surface area contributed by atoms with E-state index in [2.05, 4.69) is 4.89 Å². The van der Waals surface area contributed by atoms with E-state index in [1.54, 1.807) is 21.3 Å². The van der Waals surface area contributed by atoms with Crippen LogP contribution in [0.3, 0.4) is 0 Å². The molecule has 1 rings (SSSR count). The van der Waals surface area contributed by atoms with Gasteiger partial charge in [0.1, 0.15) is 12.2 Å². The summed E-state index contributed by atoms with van der Waals surface area (Å²) in [5.74, 6) is 0. The summed E-state index contributed by atoms with van der Waals surface area (Å²) in [6.45, 7) is 0.359. The van der Waals surface area contributed by atoms with Gasteiger partial charge in [-0.25, -0.2) is 10.1 Å². The van der Waals surface area contributed by atoms with Crippen molar-refractivity contribution in [3.8, 4) is 0 Å². The molecule has 0 unspecified atom stereocenters. The number of ether oxygens (including phenoxy) is 4. The van der Waals surface area contributed by atoms with Gasteiger partial charge < -0.3 is 18.9 Å². The maximum absolute atomic E-state index is 8.59. The normalized spacial score (nSPS) is 36.8. The van der Waals surface area contributed by atoms with Crippen molar-refractivity contribution in [1.29, 1.82) is 0 Å². The van der Waals surface area contributed by atoms with E-state index in [1.165, 1.54) is 0 Å². The van der Waals surface area contributed by atoms with Gasteiger partial charge in [-0.15, -0.1) is 0 Å². The molecule has 1 heterocycles. The lowest BCUT2D eigenvalue weighted by atomic mass is 10.0. The molecular formula is C9H18O6. The Morgan fingerprint density at radius 3 is 2.47 bits per heavy atom. The lowest BCUT2D eigenvalue weighted by molar-refractivity contribution is -0.382. The van der Waals surface area contributed by atoms with Crippen LogP contribution in [0, 0.1) is 0 Å². The number of methoxy groups -OCH3 is 3. The first-order chi connectivity index (χ1) is 7.26. The minimum Gasteiger partial charge on any atom is -0.382 e. The minimum atomic E-state index is -0.693. The van der Waals surface area contributed by atoms with Gasteiger partial charge in [0.05, 0.1) is 12.7 Å². The smallest absolute Gasteiger partial charge is 0.194 e. The fraction of sp³-hybridized carbons (Fsp3) is 1.00. The fourth-order valence-corrected chi connectivity index (χ4v) is 1.79. The van der Waals surface area contributed by atoms with Gasteiger partial charge in [-0.1, -0.05) is 0 Å². The molecule has 6 heteroatoms. The molecule has 90 valence electrons. The van der Waals surface area contributed by atoms with Crippen LogP contribution >= 0.6 is 0 Å². The first kappa shape index (κ1) is 12.8. The Bertz CT molecular complexity index is 176. The van der Waals surface area contributed by atoms with Crippen LogP contribution in [0.25, 0.3) is 0 Å². The number of hydrogen-bond acceptors (Lipinski definition) is 6. The molecule has 0 bridgehead atoms. The van der Waals surface area contributed by atoms with E-state index in [-0.39, 0.29) is 18.3 Å². The summed E-state index contributed by atoms with van der Waals surface area (Å²) in [5.41, 5.74) is 0. The van der Waals surface area contributed by atoms with Crippen LogP contribution in [0.2, 0.25) is 0 Å². The first-order valence-electron chi connectivity index (χ1n) is 4.77. The highest BCUT2D eigenvalue weighted by Gasteiger charge is 2.39. The summed E-state index contributed by atoms with van der Waals surface area (Å²) in [7, 11) is 4.74. The third-order valence-electron chi connectivity index (χ3n) is 2.51. The Morgan fingerprint density at radius 2 is 2.00 bits per heavy atom. The molecule has 6 nitrogen and oxygen atoms in total. The Kier molecular flexibility index (Phi) is 5.44. The van der Waals surface area contributed by atoms with Gasteiger partial charge in [0.2, 0.25) is 0 Å². The summed E-state index contributed by atoms with van der Waals surface area (Å²) in [5, 5.41) is 8.59. The van der Waals surface area contributed by atoms with Gasteiger partial charge in [-0.2, -0.15) is 0 Å². The Labute approximate surface area is 88.9 Å². The molecule has 0 aromatic heterocycles. The van der Waals surface area contributed by atoms with Crippen molar-refractivity contribution in [2.24, 2.45) is 0 Å². The molecule has 1 N–H and O–H groups in total. The van der Waals surface area contributed by atoms with Crippen LogP contribution in [0.15, 0.2) is 0 Å². The van der Waals surface area contributed by atoms with Gasteiger partial charge in [-0.3, -0.25) is 0 Å². The van der Waals surface area contributed by atoms with Crippen molar-refractivity contribution in [1.82, 2.24) is 0 Å². The van der Waals surface area contributed by atoms with Crippen LogP contribution < -0.4 is 0 Å². The summed E-state index contributed by atoms with van der Waals surface area (Å²) in [6, 6.07) is 0. The monoisotopic (exact) mass is 222 g/mol. The average molecular weight is 222 g/mol. The lowest BCUT2D eigenvalue weighted by Crippen LogP contribution is -2.52. The van der Waals surface area contributed by atoms with Crippen LogP contribution in [0.4, 0.5) is 0 Å². The molecule has 0 aromatic rings. The van der Waals surface area contributed by atoms with Crippen molar-refractivity contribution < 1.29 is 29.1 Å². The topological polar surface area (TPSA) is 66.4 Å². The highest BCUT2D eigenvalue weighted by Crippen LogP contribution is 2.24. The molecular weight excluding hydrogens is 204 g/mol. The Morgan fingerprint density at radius 1 is 1.27 bits per heavy atom. The zero-order valence-corrected chi connectivity index (χ0v) is 9.21. The van der Waals surface area contributed by atoms with E-state index in [0.717, 1.165) is 0 Å². The largest absolute Gasteiger partial charge is 0.382 e. The molecule has 0 aliphatic carbocycles. The predicted octanol–water partition coefficient (Wildman–Crippen LogP) is 0.267. The fourth-order valence-electron chi connectivity index (χ4n) is 1.79. The van der Waals surface area contributed by atoms with E-state index in [0.29, 0.717) is 13.0 Å². The quantitative estimate of drug-likeness (QED) is 0.532. The highest BCUT2D eigenvalue weighted by atomic mass is 17.1. The molecule has 15 heavy (non-hydrogen) atoms. The van der Waals surface area contributed by atoms with Crippen LogP contribution in [0.1, 0.15) is 6.42 Å². The SMILES string of the molecule is COC[C@@H]1O[C@@H](OO)C[C@@H](OC)[C@@H]1OC. The number of hydrogen-bond donors (Lipinski definition) is 1. The molecule has 4 atom stereocenters. The van der Waals surface area contributed by atoms with Gasteiger partial charge >= 0.3 is 0 Å². The third kappa shape index (κ3) is 3.10. The molecule has 1 aliphatic rings. The molecule has 1 aliphatic heterocycles. The van der Waals surface area contributed by atoms with Crippen LogP contribution in [-0.4, -0.2) is 57.8 Å². The van der Waals surface area contributed by atoms with Crippen LogP contribution in [0.5, 0.6) is 0 Å². The van der Waals surface area contributed by atoms with Gasteiger partial charge in [0, 0.05) is 27.8 Å². The molecule has 0 aromatic carbocycles. The van der Waals surface area contributed by atoms with Crippen molar-refractivity contribution in [2.75, 3.05) is 27.9 Å². The maximum Gasteiger partial charge on any atom is 0.194 e. The minimum absolute atomic E-state index is 0.180. The van der Waals surface area contributed by atoms with Crippen molar-refractivity contribution in [3.63, 3.8) is 0 Å². The second-order valence-electron chi connectivity index (χ2n) is 3.38. The summed E-state index contributed by atoms with van der Waals surface area (Å²) >= 11 is 0. The van der Waals surface area contributed by atoms with Crippen molar-refractivity contribution in [2.45, 2.75) is 31.0 Å². The van der Waals surface area contributed by atoms with Crippen molar-refractivity contribution in [3.05, 3.63) is 0 Å². The van der Waals surface area contributed by atoms with Crippen molar-refractivity contribution >= 4 is 0 Å². The molecule has 1 fully saturated rings. The van der Waals surface area contributed by atoms with Gasteiger partial charge in [0.15, 0.2) is 6.29 Å². The predicted molar refractivity (Wildman–Crippen MR) is 50.5 cm³/mol. The summed E-state index contributed by atoms with van der Waals surface area (Å²) < 4.78 is 20.9. The van der Waals surface area contributed by atoms with Crippen LogP contribution in [-0.2, 0) is 23.8 Å². The summed E-state index contributed by atoms with van der Waals surface area (Å²) in [4.78, 5) is 4.18. The molecule has 0 amide bonds. The molecule has 0 saturated carbocycles. The second kappa shape index (κ2) is 6.37. The Hall–Kier alpha value is -0.240. The maximum atomic E-state index is 8.59. The van der Waals surface area contributed by atoms with E-state index in [4.69, 9.17) is 24.2 Å². The third-order valence-corrected chi connectivity index (χ3v) is 2.51. The molecule has 0 spiro atoms. The molecule has 0 radical (unpaired) electrons. The summed E-state index contributed by atoms with van der Waals surface area (Å²) in [6.07, 6.45) is -0.981. The zero-order chi connectivity index (χ0) is 11.3. The van der Waals surface area contributed by atoms with E-state index >= 15 is 0 Å². The second-order valence-corrected chi connectivity index (χ2v) is 3.38. The zero-order valence-electron chi connectivity index (χ0n) is 9.21. The first-order valence-corrected chi connectivity index (χ1v) is 4.77. The van der Waals surface area contributed by atoms with E-state index in [9.17, 15) is 0 Å². The lowest BCUT2D eigenvalue weighted by Gasteiger charge is -2.38. The van der Waals surface area contributed by atoms with Gasteiger partial charge in [0.25, 0.3) is 0 Å².